The number of aromatic carboxylic acids is 1. The van der Waals surface area contributed by atoms with Gasteiger partial charge in [-0.05, 0) is 36.2 Å². The van der Waals surface area contributed by atoms with Crippen LogP contribution in [0.5, 0.6) is 0 Å². The minimum atomic E-state index is -1.14. The van der Waals surface area contributed by atoms with Gasteiger partial charge in [0.1, 0.15) is 5.82 Å². The van der Waals surface area contributed by atoms with E-state index in [4.69, 9.17) is 5.11 Å². The summed E-state index contributed by atoms with van der Waals surface area (Å²) in [6.07, 6.45) is 0.831. The Morgan fingerprint density at radius 1 is 1.21 bits per heavy atom. The Kier molecular flexibility index (Phi) is 3.80. The Morgan fingerprint density at radius 2 is 1.95 bits per heavy atom. The zero-order valence-corrected chi connectivity index (χ0v) is 10.5. The molecule has 2 aromatic rings. The molecule has 2 rings (SSSR count). The number of rotatable bonds is 4. The van der Waals surface area contributed by atoms with Crippen LogP contribution in [-0.2, 0) is 6.42 Å². The number of hydrogen-bond donors (Lipinski definition) is 2. The molecule has 0 aromatic heterocycles. The van der Waals surface area contributed by atoms with Gasteiger partial charge in [-0.15, -0.1) is 0 Å². The Balaban J connectivity index is 2.31. The van der Waals surface area contributed by atoms with Crippen molar-refractivity contribution < 1.29 is 14.3 Å². The summed E-state index contributed by atoms with van der Waals surface area (Å²) < 4.78 is 13.8. The standard InChI is InChI=1S/C15H14FNO2/c1-2-10-5-3-4-6-13(10)17-14-8-7-11(15(18)19)9-12(14)16/h3-9,17H,2H2,1H3,(H,18,19). The minimum Gasteiger partial charge on any atom is -0.478 e. The summed E-state index contributed by atoms with van der Waals surface area (Å²) in [6, 6.07) is 11.4. The van der Waals surface area contributed by atoms with Gasteiger partial charge in [0, 0.05) is 5.69 Å². The first-order valence-electron chi connectivity index (χ1n) is 5.99. The van der Waals surface area contributed by atoms with Gasteiger partial charge in [0.25, 0.3) is 0 Å². The first kappa shape index (κ1) is 13.1. The van der Waals surface area contributed by atoms with E-state index in [0.29, 0.717) is 0 Å². The fourth-order valence-corrected chi connectivity index (χ4v) is 1.85. The highest BCUT2D eigenvalue weighted by Gasteiger charge is 2.09. The van der Waals surface area contributed by atoms with Crippen LogP contribution in [0, 0.1) is 5.82 Å². The van der Waals surface area contributed by atoms with E-state index in [1.54, 1.807) is 0 Å². The Morgan fingerprint density at radius 3 is 2.58 bits per heavy atom. The second kappa shape index (κ2) is 5.52. The van der Waals surface area contributed by atoms with Gasteiger partial charge in [-0.3, -0.25) is 0 Å². The fourth-order valence-electron chi connectivity index (χ4n) is 1.85. The number of benzene rings is 2. The number of para-hydroxylation sites is 1. The van der Waals surface area contributed by atoms with Crippen LogP contribution in [0.4, 0.5) is 15.8 Å². The summed E-state index contributed by atoms with van der Waals surface area (Å²) in [6.45, 7) is 2.02. The lowest BCUT2D eigenvalue weighted by Gasteiger charge is -2.11. The Hall–Kier alpha value is -2.36. The molecule has 0 radical (unpaired) electrons. The summed E-state index contributed by atoms with van der Waals surface area (Å²) in [4.78, 5) is 10.7. The van der Waals surface area contributed by atoms with Crippen LogP contribution in [-0.4, -0.2) is 11.1 Å². The second-order valence-corrected chi connectivity index (χ2v) is 4.14. The number of carboxylic acids is 1. The number of carboxylic acid groups (broad SMARTS) is 1. The van der Waals surface area contributed by atoms with Crippen LogP contribution in [0.2, 0.25) is 0 Å². The summed E-state index contributed by atoms with van der Waals surface area (Å²) in [5.74, 6) is -1.72. The molecule has 0 fully saturated rings. The summed E-state index contributed by atoms with van der Waals surface area (Å²) in [5.41, 5.74) is 2.11. The topological polar surface area (TPSA) is 49.3 Å². The molecule has 0 aliphatic carbocycles. The first-order chi connectivity index (χ1) is 9.11. The molecule has 3 nitrogen and oxygen atoms in total. The monoisotopic (exact) mass is 259 g/mol. The lowest BCUT2D eigenvalue weighted by molar-refractivity contribution is 0.0696. The number of anilines is 2. The van der Waals surface area contributed by atoms with Crippen LogP contribution >= 0.6 is 0 Å². The molecular formula is C15H14FNO2. The van der Waals surface area contributed by atoms with Crippen molar-refractivity contribution >= 4 is 17.3 Å². The van der Waals surface area contributed by atoms with Crippen LogP contribution < -0.4 is 5.32 Å². The van der Waals surface area contributed by atoms with E-state index in [1.807, 2.05) is 31.2 Å². The molecule has 0 saturated heterocycles. The number of aryl methyl sites for hydroxylation is 1. The molecule has 19 heavy (non-hydrogen) atoms. The number of carbonyl (C=O) groups is 1. The minimum absolute atomic E-state index is 0.0631. The normalized spacial score (nSPS) is 10.2. The molecule has 0 heterocycles. The highest BCUT2D eigenvalue weighted by molar-refractivity contribution is 5.88. The quantitative estimate of drug-likeness (QED) is 0.877. The molecule has 0 aliphatic rings. The molecule has 2 aromatic carbocycles. The average Bonchev–Trinajstić information content (AvgIpc) is 2.41. The molecule has 0 bridgehead atoms. The molecule has 0 atom stereocenters. The molecule has 2 N–H and O–H groups in total. The second-order valence-electron chi connectivity index (χ2n) is 4.14. The van der Waals surface area contributed by atoms with Crippen molar-refractivity contribution in [1.29, 1.82) is 0 Å². The van der Waals surface area contributed by atoms with Gasteiger partial charge in [-0.25, -0.2) is 9.18 Å². The van der Waals surface area contributed by atoms with E-state index in [-0.39, 0.29) is 11.3 Å². The van der Waals surface area contributed by atoms with Crippen molar-refractivity contribution in [3.05, 3.63) is 59.4 Å². The van der Waals surface area contributed by atoms with Gasteiger partial charge in [-0.1, -0.05) is 25.1 Å². The maximum absolute atomic E-state index is 13.8. The van der Waals surface area contributed by atoms with Gasteiger partial charge in [-0.2, -0.15) is 0 Å². The lowest BCUT2D eigenvalue weighted by Crippen LogP contribution is -2.01. The third-order valence-corrected chi connectivity index (χ3v) is 2.88. The van der Waals surface area contributed by atoms with Crippen molar-refractivity contribution in [3.63, 3.8) is 0 Å². The zero-order chi connectivity index (χ0) is 13.8. The van der Waals surface area contributed by atoms with E-state index >= 15 is 0 Å². The molecule has 0 amide bonds. The number of halogens is 1. The predicted octanol–water partition coefficient (Wildman–Crippen LogP) is 3.83. The lowest BCUT2D eigenvalue weighted by atomic mass is 10.1. The van der Waals surface area contributed by atoms with Crippen LogP contribution in [0.3, 0.4) is 0 Å². The summed E-state index contributed by atoms with van der Waals surface area (Å²) in [5, 5.41) is 11.8. The molecule has 0 aliphatic heterocycles. The van der Waals surface area contributed by atoms with Gasteiger partial charge in [0.05, 0.1) is 11.3 Å². The number of nitrogens with one attached hydrogen (secondary N) is 1. The van der Waals surface area contributed by atoms with Crippen LogP contribution in [0.1, 0.15) is 22.8 Å². The summed E-state index contributed by atoms with van der Waals surface area (Å²) >= 11 is 0. The fraction of sp³-hybridized carbons (Fsp3) is 0.133. The zero-order valence-electron chi connectivity index (χ0n) is 10.5. The first-order valence-corrected chi connectivity index (χ1v) is 5.99. The maximum atomic E-state index is 13.8. The van der Waals surface area contributed by atoms with Gasteiger partial charge >= 0.3 is 5.97 Å². The van der Waals surface area contributed by atoms with E-state index in [0.717, 1.165) is 23.7 Å². The van der Waals surface area contributed by atoms with Crippen molar-refractivity contribution in [1.82, 2.24) is 0 Å². The molecular weight excluding hydrogens is 245 g/mol. The Labute approximate surface area is 110 Å². The van der Waals surface area contributed by atoms with E-state index in [2.05, 4.69) is 5.32 Å². The molecule has 4 heteroatoms. The number of hydrogen-bond acceptors (Lipinski definition) is 2. The van der Waals surface area contributed by atoms with Crippen LogP contribution in [0.15, 0.2) is 42.5 Å². The maximum Gasteiger partial charge on any atom is 0.335 e. The van der Waals surface area contributed by atoms with E-state index in [1.165, 1.54) is 12.1 Å². The molecule has 0 unspecified atom stereocenters. The third-order valence-electron chi connectivity index (χ3n) is 2.88. The highest BCUT2D eigenvalue weighted by Crippen LogP contribution is 2.24. The van der Waals surface area contributed by atoms with E-state index < -0.39 is 11.8 Å². The molecule has 0 spiro atoms. The van der Waals surface area contributed by atoms with Gasteiger partial charge < -0.3 is 10.4 Å². The highest BCUT2D eigenvalue weighted by atomic mass is 19.1. The Bertz CT molecular complexity index is 611. The van der Waals surface area contributed by atoms with Crippen molar-refractivity contribution in [2.45, 2.75) is 13.3 Å². The largest absolute Gasteiger partial charge is 0.478 e. The molecule has 0 saturated carbocycles. The van der Waals surface area contributed by atoms with Gasteiger partial charge in [0.2, 0.25) is 0 Å². The third kappa shape index (κ3) is 2.91. The average molecular weight is 259 g/mol. The summed E-state index contributed by atoms with van der Waals surface area (Å²) in [7, 11) is 0. The molecule has 98 valence electrons. The van der Waals surface area contributed by atoms with Crippen molar-refractivity contribution in [2.24, 2.45) is 0 Å². The van der Waals surface area contributed by atoms with Gasteiger partial charge in [0.15, 0.2) is 0 Å². The van der Waals surface area contributed by atoms with Crippen LogP contribution in [0.25, 0.3) is 0 Å². The van der Waals surface area contributed by atoms with E-state index in [9.17, 15) is 9.18 Å². The van der Waals surface area contributed by atoms with Crippen molar-refractivity contribution in [2.75, 3.05) is 5.32 Å². The smallest absolute Gasteiger partial charge is 0.335 e. The predicted molar refractivity (Wildman–Crippen MR) is 72.5 cm³/mol. The SMILES string of the molecule is CCc1ccccc1Nc1ccc(C(=O)O)cc1F. The van der Waals surface area contributed by atoms with Crippen molar-refractivity contribution in [3.8, 4) is 0 Å².